The molecule has 0 saturated carbocycles. The quantitative estimate of drug-likeness (QED) is 0.752. The van der Waals surface area contributed by atoms with Gasteiger partial charge in [-0.15, -0.1) is 0 Å². The van der Waals surface area contributed by atoms with Crippen LogP contribution in [0, 0.1) is 6.92 Å². The smallest absolute Gasteiger partial charge is 0.245 e. The third-order valence-corrected chi connectivity index (χ3v) is 5.03. The van der Waals surface area contributed by atoms with Gasteiger partial charge < -0.3 is 10.1 Å². The van der Waals surface area contributed by atoms with Crippen LogP contribution in [0.3, 0.4) is 0 Å². The van der Waals surface area contributed by atoms with E-state index in [4.69, 9.17) is 16.3 Å². The first-order valence-corrected chi connectivity index (χ1v) is 10.6. The SMILES string of the molecule is Cc1ccc(Cl)cc1NC(=O)CN(c1ccc(OC(C)C)cc1)S(C)(=O)=O. The maximum absolute atomic E-state index is 12.4. The van der Waals surface area contributed by atoms with Crippen molar-refractivity contribution in [3.8, 4) is 5.75 Å². The van der Waals surface area contributed by atoms with Gasteiger partial charge in [0.2, 0.25) is 15.9 Å². The lowest BCUT2D eigenvalue weighted by Crippen LogP contribution is -2.37. The fraction of sp³-hybridized carbons (Fsp3) is 0.316. The van der Waals surface area contributed by atoms with Gasteiger partial charge in [-0.25, -0.2) is 8.42 Å². The Bertz CT molecular complexity index is 912. The lowest BCUT2D eigenvalue weighted by molar-refractivity contribution is -0.114. The Hall–Kier alpha value is -2.25. The monoisotopic (exact) mass is 410 g/mol. The summed E-state index contributed by atoms with van der Waals surface area (Å²) < 4.78 is 31.0. The van der Waals surface area contributed by atoms with Crippen molar-refractivity contribution in [1.82, 2.24) is 0 Å². The second-order valence-corrected chi connectivity index (χ2v) is 8.78. The number of aryl methyl sites for hydroxylation is 1. The molecule has 0 radical (unpaired) electrons. The standard InChI is InChI=1S/C19H23ClN2O4S/c1-13(2)26-17-9-7-16(8-10-17)22(27(4,24)25)12-19(23)21-18-11-15(20)6-5-14(18)3/h5-11,13H,12H2,1-4H3,(H,21,23). The summed E-state index contributed by atoms with van der Waals surface area (Å²) in [6.45, 7) is 5.28. The Morgan fingerprint density at radius 3 is 2.37 bits per heavy atom. The van der Waals surface area contributed by atoms with Crippen LogP contribution in [-0.4, -0.2) is 33.2 Å². The molecule has 0 aromatic heterocycles. The molecule has 0 heterocycles. The van der Waals surface area contributed by atoms with Crippen LogP contribution in [0.5, 0.6) is 5.75 Å². The van der Waals surface area contributed by atoms with Gasteiger partial charge in [-0.05, 0) is 62.7 Å². The molecule has 0 unspecified atom stereocenters. The number of ether oxygens (including phenoxy) is 1. The van der Waals surface area contributed by atoms with Crippen molar-refractivity contribution in [2.45, 2.75) is 26.9 Å². The number of nitrogens with one attached hydrogen (secondary N) is 1. The van der Waals surface area contributed by atoms with Crippen LogP contribution in [0.25, 0.3) is 0 Å². The van der Waals surface area contributed by atoms with E-state index in [9.17, 15) is 13.2 Å². The van der Waals surface area contributed by atoms with E-state index in [-0.39, 0.29) is 12.6 Å². The summed E-state index contributed by atoms with van der Waals surface area (Å²) in [5.41, 5.74) is 1.75. The molecule has 0 atom stereocenters. The first kappa shape index (κ1) is 21.1. The number of benzene rings is 2. The molecule has 0 spiro atoms. The first-order chi connectivity index (χ1) is 12.6. The molecule has 0 aliphatic rings. The molecule has 2 rings (SSSR count). The summed E-state index contributed by atoms with van der Waals surface area (Å²) >= 11 is 5.96. The van der Waals surface area contributed by atoms with E-state index in [1.807, 2.05) is 20.8 Å². The fourth-order valence-electron chi connectivity index (χ4n) is 2.41. The van der Waals surface area contributed by atoms with E-state index < -0.39 is 15.9 Å². The van der Waals surface area contributed by atoms with Crippen molar-refractivity contribution in [2.24, 2.45) is 0 Å². The molecule has 0 bridgehead atoms. The molecule has 2 aromatic rings. The number of nitrogens with zero attached hydrogens (tertiary/aromatic N) is 1. The molecule has 0 aliphatic carbocycles. The Morgan fingerprint density at radius 1 is 1.19 bits per heavy atom. The zero-order valence-electron chi connectivity index (χ0n) is 15.7. The van der Waals surface area contributed by atoms with Gasteiger partial charge in [-0.2, -0.15) is 0 Å². The molecule has 8 heteroatoms. The van der Waals surface area contributed by atoms with Gasteiger partial charge in [0.1, 0.15) is 12.3 Å². The van der Waals surface area contributed by atoms with Crippen molar-refractivity contribution in [3.05, 3.63) is 53.1 Å². The largest absolute Gasteiger partial charge is 0.491 e. The van der Waals surface area contributed by atoms with Crippen LogP contribution in [0.15, 0.2) is 42.5 Å². The van der Waals surface area contributed by atoms with Crippen molar-refractivity contribution < 1.29 is 17.9 Å². The second-order valence-electron chi connectivity index (χ2n) is 6.44. The minimum absolute atomic E-state index is 0.00794. The maximum atomic E-state index is 12.4. The molecular formula is C19H23ClN2O4S. The lowest BCUT2D eigenvalue weighted by atomic mass is 10.2. The summed E-state index contributed by atoms with van der Waals surface area (Å²) in [5.74, 6) is 0.162. The Balaban J connectivity index is 2.19. The molecule has 0 aliphatic heterocycles. The highest BCUT2D eigenvalue weighted by Crippen LogP contribution is 2.23. The number of carbonyl (C=O) groups is 1. The van der Waals surface area contributed by atoms with Gasteiger partial charge in [0.25, 0.3) is 0 Å². The van der Waals surface area contributed by atoms with Crippen LogP contribution in [0.1, 0.15) is 19.4 Å². The number of carbonyl (C=O) groups excluding carboxylic acids is 1. The Kier molecular flexibility index (Phi) is 6.73. The van der Waals surface area contributed by atoms with E-state index in [0.29, 0.717) is 22.1 Å². The molecule has 1 amide bonds. The van der Waals surface area contributed by atoms with Gasteiger partial charge in [0, 0.05) is 10.7 Å². The van der Waals surface area contributed by atoms with Gasteiger partial charge in [-0.3, -0.25) is 9.10 Å². The summed E-state index contributed by atoms with van der Waals surface area (Å²) in [4.78, 5) is 12.4. The minimum Gasteiger partial charge on any atom is -0.491 e. The lowest BCUT2D eigenvalue weighted by Gasteiger charge is -2.22. The van der Waals surface area contributed by atoms with Crippen molar-refractivity contribution in [3.63, 3.8) is 0 Å². The molecule has 6 nitrogen and oxygen atoms in total. The number of rotatable bonds is 7. The van der Waals surface area contributed by atoms with Gasteiger partial charge in [-0.1, -0.05) is 17.7 Å². The van der Waals surface area contributed by atoms with E-state index in [2.05, 4.69) is 5.32 Å². The predicted octanol–water partition coefficient (Wildman–Crippen LogP) is 3.84. The first-order valence-electron chi connectivity index (χ1n) is 8.36. The highest BCUT2D eigenvalue weighted by molar-refractivity contribution is 7.92. The van der Waals surface area contributed by atoms with Crippen molar-refractivity contribution in [1.29, 1.82) is 0 Å². The molecule has 0 saturated heterocycles. The molecule has 1 N–H and O–H groups in total. The van der Waals surface area contributed by atoms with Crippen LogP contribution in [0.4, 0.5) is 11.4 Å². The van der Waals surface area contributed by atoms with Gasteiger partial charge in [0.15, 0.2) is 0 Å². The van der Waals surface area contributed by atoms with Crippen LogP contribution >= 0.6 is 11.6 Å². The van der Waals surface area contributed by atoms with E-state index in [1.165, 1.54) is 0 Å². The zero-order chi connectivity index (χ0) is 20.2. The second kappa shape index (κ2) is 8.63. The van der Waals surface area contributed by atoms with Gasteiger partial charge in [0.05, 0.1) is 18.0 Å². The normalized spacial score (nSPS) is 11.3. The fourth-order valence-corrected chi connectivity index (χ4v) is 3.44. The highest BCUT2D eigenvalue weighted by Gasteiger charge is 2.21. The molecule has 0 fully saturated rings. The number of anilines is 2. The highest BCUT2D eigenvalue weighted by atomic mass is 35.5. The number of amides is 1. The summed E-state index contributed by atoms with van der Waals surface area (Å²) in [5, 5.41) is 3.19. The maximum Gasteiger partial charge on any atom is 0.245 e. The summed E-state index contributed by atoms with van der Waals surface area (Å²) in [6.07, 6.45) is 1.07. The van der Waals surface area contributed by atoms with E-state index in [1.54, 1.807) is 42.5 Å². The number of hydrogen-bond acceptors (Lipinski definition) is 4. The number of sulfonamides is 1. The molecule has 2 aromatic carbocycles. The van der Waals surface area contributed by atoms with Crippen LogP contribution in [-0.2, 0) is 14.8 Å². The Morgan fingerprint density at radius 2 is 1.81 bits per heavy atom. The summed E-state index contributed by atoms with van der Waals surface area (Å²) in [7, 11) is -3.65. The summed E-state index contributed by atoms with van der Waals surface area (Å²) in [6, 6.07) is 11.7. The van der Waals surface area contributed by atoms with Crippen molar-refractivity contribution in [2.75, 3.05) is 22.4 Å². The molecular weight excluding hydrogens is 388 g/mol. The number of halogens is 1. The average Bonchev–Trinajstić information content (AvgIpc) is 2.55. The van der Waals surface area contributed by atoms with Gasteiger partial charge >= 0.3 is 0 Å². The van der Waals surface area contributed by atoms with Crippen LogP contribution < -0.4 is 14.4 Å². The predicted molar refractivity (Wildman–Crippen MR) is 109 cm³/mol. The van der Waals surface area contributed by atoms with E-state index in [0.717, 1.165) is 16.1 Å². The minimum atomic E-state index is -3.65. The third-order valence-electron chi connectivity index (χ3n) is 3.66. The van der Waals surface area contributed by atoms with E-state index >= 15 is 0 Å². The number of hydrogen-bond donors (Lipinski definition) is 1. The zero-order valence-corrected chi connectivity index (χ0v) is 17.3. The molecule has 146 valence electrons. The Labute approximate surface area is 165 Å². The average molecular weight is 411 g/mol. The van der Waals surface area contributed by atoms with Crippen molar-refractivity contribution >= 4 is 38.9 Å². The third kappa shape index (κ3) is 6.15. The van der Waals surface area contributed by atoms with Crippen LogP contribution in [0.2, 0.25) is 5.02 Å². The molecule has 27 heavy (non-hydrogen) atoms. The topological polar surface area (TPSA) is 75.7 Å².